The van der Waals surface area contributed by atoms with E-state index in [0.717, 1.165) is 30.4 Å². The number of furan rings is 1. The zero-order valence-electron chi connectivity index (χ0n) is 14.1. The molecule has 0 fully saturated rings. The van der Waals surface area contributed by atoms with Gasteiger partial charge in [-0.3, -0.25) is 4.98 Å². The number of guanidine groups is 1. The van der Waals surface area contributed by atoms with Crippen LogP contribution >= 0.6 is 0 Å². The van der Waals surface area contributed by atoms with E-state index in [4.69, 9.17) is 4.42 Å². The molecule has 0 spiro atoms. The Bertz CT molecular complexity index is 755. The van der Waals surface area contributed by atoms with Gasteiger partial charge >= 0.3 is 0 Å². The molecule has 3 aromatic rings. The molecule has 0 aliphatic rings. The first kappa shape index (κ1) is 16.8. The molecule has 5 heteroatoms. The monoisotopic (exact) mass is 334 g/mol. The molecule has 5 nitrogen and oxygen atoms in total. The normalized spacial score (nSPS) is 11.3. The van der Waals surface area contributed by atoms with Crippen molar-refractivity contribution in [1.82, 2.24) is 15.6 Å². The van der Waals surface area contributed by atoms with E-state index in [1.807, 2.05) is 48.5 Å². The Hall–Kier alpha value is -3.08. The number of hydrogen-bond acceptors (Lipinski definition) is 3. The molecule has 0 aliphatic heterocycles. The third kappa shape index (κ3) is 5.80. The van der Waals surface area contributed by atoms with E-state index in [1.54, 1.807) is 12.5 Å². The quantitative estimate of drug-likeness (QED) is 0.515. The van der Waals surface area contributed by atoms with E-state index in [0.29, 0.717) is 13.1 Å². The van der Waals surface area contributed by atoms with Crippen molar-refractivity contribution < 1.29 is 4.42 Å². The van der Waals surface area contributed by atoms with Gasteiger partial charge < -0.3 is 15.1 Å². The second kappa shape index (κ2) is 9.27. The number of nitrogens with one attached hydrogen (secondary N) is 2. The first-order valence-electron chi connectivity index (χ1n) is 8.38. The first-order chi connectivity index (χ1) is 12.4. The number of rotatable bonds is 7. The molecule has 3 rings (SSSR count). The summed E-state index contributed by atoms with van der Waals surface area (Å²) in [5.74, 6) is 1.72. The highest BCUT2D eigenvalue weighted by molar-refractivity contribution is 5.79. The maximum Gasteiger partial charge on any atom is 0.191 e. The first-order valence-corrected chi connectivity index (χ1v) is 8.38. The Kier molecular flexibility index (Phi) is 6.22. The molecular weight excluding hydrogens is 312 g/mol. The van der Waals surface area contributed by atoms with Crippen molar-refractivity contribution in [2.45, 2.75) is 19.5 Å². The van der Waals surface area contributed by atoms with Gasteiger partial charge in [0.1, 0.15) is 5.76 Å². The number of benzene rings is 1. The zero-order chi connectivity index (χ0) is 17.2. The molecule has 128 valence electrons. The smallest absolute Gasteiger partial charge is 0.191 e. The van der Waals surface area contributed by atoms with E-state index in [1.165, 1.54) is 5.56 Å². The van der Waals surface area contributed by atoms with Gasteiger partial charge in [0.05, 0.1) is 25.0 Å². The summed E-state index contributed by atoms with van der Waals surface area (Å²) in [5, 5.41) is 6.68. The maximum absolute atomic E-state index is 5.36. The minimum Gasteiger partial charge on any atom is -0.469 e. The van der Waals surface area contributed by atoms with Crippen molar-refractivity contribution in [2.24, 2.45) is 4.99 Å². The Morgan fingerprint density at radius 2 is 1.84 bits per heavy atom. The predicted molar refractivity (Wildman–Crippen MR) is 99.1 cm³/mol. The van der Waals surface area contributed by atoms with Crippen molar-refractivity contribution in [3.63, 3.8) is 0 Å². The summed E-state index contributed by atoms with van der Waals surface area (Å²) in [6.45, 7) is 2.00. The van der Waals surface area contributed by atoms with Gasteiger partial charge in [-0.15, -0.1) is 0 Å². The SMILES string of the molecule is c1ccc(CN=C(NCCc2ccco2)NCc2ccccn2)cc1. The van der Waals surface area contributed by atoms with Gasteiger partial charge in [0, 0.05) is 19.2 Å². The molecule has 0 saturated heterocycles. The molecule has 1 aromatic carbocycles. The van der Waals surface area contributed by atoms with E-state index in [2.05, 4.69) is 32.7 Å². The minimum absolute atomic E-state index is 0.624. The summed E-state index contributed by atoms with van der Waals surface area (Å²) in [6, 6.07) is 20.0. The van der Waals surface area contributed by atoms with Crippen LogP contribution in [0.25, 0.3) is 0 Å². The molecule has 25 heavy (non-hydrogen) atoms. The Morgan fingerprint density at radius 1 is 0.960 bits per heavy atom. The summed E-state index contributed by atoms with van der Waals surface area (Å²) in [6.07, 6.45) is 4.30. The molecule has 0 atom stereocenters. The van der Waals surface area contributed by atoms with Gasteiger partial charge in [-0.05, 0) is 29.8 Å². The van der Waals surface area contributed by atoms with Crippen molar-refractivity contribution in [1.29, 1.82) is 0 Å². The molecule has 0 unspecified atom stereocenters. The summed E-state index contributed by atoms with van der Waals surface area (Å²) in [5.41, 5.74) is 2.15. The molecule has 0 bridgehead atoms. The van der Waals surface area contributed by atoms with Crippen LogP contribution in [-0.2, 0) is 19.5 Å². The number of aliphatic imine (C=N–C) groups is 1. The average Bonchev–Trinajstić information content (AvgIpc) is 3.19. The van der Waals surface area contributed by atoms with Crippen LogP contribution in [-0.4, -0.2) is 17.5 Å². The van der Waals surface area contributed by atoms with E-state index < -0.39 is 0 Å². The van der Waals surface area contributed by atoms with Gasteiger partial charge in [0.25, 0.3) is 0 Å². The van der Waals surface area contributed by atoms with Crippen molar-refractivity contribution in [3.05, 3.63) is 90.1 Å². The average molecular weight is 334 g/mol. The number of nitrogens with zero attached hydrogens (tertiary/aromatic N) is 2. The Balaban J connectivity index is 1.57. The second-order valence-corrected chi connectivity index (χ2v) is 5.58. The fourth-order valence-electron chi connectivity index (χ4n) is 2.36. The van der Waals surface area contributed by atoms with Crippen molar-refractivity contribution >= 4 is 5.96 Å². The lowest BCUT2D eigenvalue weighted by Crippen LogP contribution is -2.38. The highest BCUT2D eigenvalue weighted by Crippen LogP contribution is 2.01. The van der Waals surface area contributed by atoms with E-state index >= 15 is 0 Å². The topological polar surface area (TPSA) is 62.5 Å². The minimum atomic E-state index is 0.624. The number of hydrogen-bond donors (Lipinski definition) is 2. The molecule has 0 radical (unpaired) electrons. The third-order valence-electron chi connectivity index (χ3n) is 3.67. The number of aromatic nitrogens is 1. The van der Waals surface area contributed by atoms with Crippen molar-refractivity contribution in [2.75, 3.05) is 6.54 Å². The lowest BCUT2D eigenvalue weighted by molar-refractivity contribution is 0.506. The van der Waals surface area contributed by atoms with Gasteiger partial charge in [-0.1, -0.05) is 36.4 Å². The maximum atomic E-state index is 5.36. The third-order valence-corrected chi connectivity index (χ3v) is 3.67. The fraction of sp³-hybridized carbons (Fsp3) is 0.200. The van der Waals surface area contributed by atoms with Gasteiger partial charge in [0.15, 0.2) is 5.96 Å². The van der Waals surface area contributed by atoms with E-state index in [9.17, 15) is 0 Å². The van der Waals surface area contributed by atoms with Crippen LogP contribution in [0.5, 0.6) is 0 Å². The highest BCUT2D eigenvalue weighted by Gasteiger charge is 2.02. The molecule has 2 aromatic heterocycles. The van der Waals surface area contributed by atoms with Crippen molar-refractivity contribution in [3.8, 4) is 0 Å². The highest BCUT2D eigenvalue weighted by atomic mass is 16.3. The summed E-state index contributed by atoms with van der Waals surface area (Å²) in [7, 11) is 0. The Morgan fingerprint density at radius 3 is 2.60 bits per heavy atom. The summed E-state index contributed by atoms with van der Waals surface area (Å²) >= 11 is 0. The zero-order valence-corrected chi connectivity index (χ0v) is 14.1. The van der Waals surface area contributed by atoms with Crippen LogP contribution in [0.3, 0.4) is 0 Å². The molecule has 0 amide bonds. The van der Waals surface area contributed by atoms with Crippen LogP contribution in [0.15, 0.2) is 82.5 Å². The number of pyridine rings is 1. The summed E-state index contributed by atoms with van der Waals surface area (Å²) < 4.78 is 5.36. The molecule has 2 N–H and O–H groups in total. The lowest BCUT2D eigenvalue weighted by atomic mass is 10.2. The lowest BCUT2D eigenvalue weighted by Gasteiger charge is -2.12. The second-order valence-electron chi connectivity index (χ2n) is 5.58. The molecular formula is C20H22N4O. The largest absolute Gasteiger partial charge is 0.469 e. The van der Waals surface area contributed by atoms with Crippen LogP contribution in [0, 0.1) is 0 Å². The standard InChI is InChI=1S/C20H22N4O/c1-2-7-17(8-3-1)15-23-20(22-13-11-19-10-6-14-25-19)24-16-18-9-4-5-12-21-18/h1-10,12,14H,11,13,15-16H2,(H2,22,23,24). The molecule has 2 heterocycles. The van der Waals surface area contributed by atoms with Gasteiger partial charge in [-0.2, -0.15) is 0 Å². The molecule has 0 aliphatic carbocycles. The fourth-order valence-corrected chi connectivity index (χ4v) is 2.36. The predicted octanol–water partition coefficient (Wildman–Crippen LogP) is 3.15. The van der Waals surface area contributed by atoms with Crippen LogP contribution in [0.4, 0.5) is 0 Å². The van der Waals surface area contributed by atoms with Crippen LogP contribution < -0.4 is 10.6 Å². The Labute approximate surface area is 147 Å². The molecule has 0 saturated carbocycles. The van der Waals surface area contributed by atoms with Gasteiger partial charge in [-0.25, -0.2) is 4.99 Å². The van der Waals surface area contributed by atoms with E-state index in [-0.39, 0.29) is 0 Å². The van der Waals surface area contributed by atoms with Crippen LogP contribution in [0.1, 0.15) is 17.0 Å². The summed E-state index contributed by atoms with van der Waals surface area (Å²) in [4.78, 5) is 8.99. The van der Waals surface area contributed by atoms with Gasteiger partial charge in [0.2, 0.25) is 0 Å². The van der Waals surface area contributed by atoms with Crippen LogP contribution in [0.2, 0.25) is 0 Å².